The molecule has 3 heteroatoms. The van der Waals surface area contributed by atoms with E-state index in [-0.39, 0.29) is 0 Å². The van der Waals surface area contributed by atoms with Crippen molar-refractivity contribution in [2.75, 3.05) is 13.1 Å². The van der Waals surface area contributed by atoms with Crippen LogP contribution in [-0.2, 0) is 6.54 Å². The van der Waals surface area contributed by atoms with Crippen molar-refractivity contribution >= 4 is 0 Å². The molecule has 2 rings (SSSR count). The maximum absolute atomic E-state index is 5.66. The molecule has 1 fully saturated rings. The van der Waals surface area contributed by atoms with Gasteiger partial charge in [0.15, 0.2) is 0 Å². The van der Waals surface area contributed by atoms with Crippen LogP contribution in [0, 0.1) is 0 Å². The van der Waals surface area contributed by atoms with Crippen LogP contribution in [0.2, 0.25) is 0 Å². The molecule has 0 bridgehead atoms. The minimum Gasteiger partial charge on any atom is -0.330 e. The second-order valence-electron chi connectivity index (χ2n) is 5.23. The molecule has 0 saturated heterocycles. The third-order valence-electron chi connectivity index (χ3n) is 3.83. The van der Waals surface area contributed by atoms with Gasteiger partial charge in [0.05, 0.1) is 5.69 Å². The number of rotatable bonds is 6. The molecule has 1 aliphatic rings. The van der Waals surface area contributed by atoms with Crippen molar-refractivity contribution in [2.24, 2.45) is 5.73 Å². The standard InChI is InChI=1S/C15H25N3/c16-10-6-12-18(15-8-2-1-3-9-15)13-14-7-4-5-11-17-14/h4-5,7,11,15H,1-3,6,8-10,12-13,16H2. The topological polar surface area (TPSA) is 42.1 Å². The highest BCUT2D eigenvalue weighted by molar-refractivity contribution is 5.03. The zero-order valence-electron chi connectivity index (χ0n) is 11.2. The highest BCUT2D eigenvalue weighted by Gasteiger charge is 2.20. The number of hydrogen-bond donors (Lipinski definition) is 1. The summed E-state index contributed by atoms with van der Waals surface area (Å²) in [6.45, 7) is 2.87. The number of hydrogen-bond acceptors (Lipinski definition) is 3. The molecule has 100 valence electrons. The Hall–Kier alpha value is -0.930. The Balaban J connectivity index is 1.95. The van der Waals surface area contributed by atoms with Crippen molar-refractivity contribution in [3.05, 3.63) is 30.1 Å². The Morgan fingerprint density at radius 2 is 2.06 bits per heavy atom. The van der Waals surface area contributed by atoms with E-state index in [1.807, 2.05) is 12.3 Å². The average molecular weight is 247 g/mol. The SMILES string of the molecule is NCCCN(Cc1ccccn1)C1CCCCC1. The minimum absolute atomic E-state index is 0.743. The summed E-state index contributed by atoms with van der Waals surface area (Å²) in [7, 11) is 0. The molecule has 0 atom stereocenters. The maximum atomic E-state index is 5.66. The Morgan fingerprint density at radius 1 is 1.22 bits per heavy atom. The molecule has 1 heterocycles. The lowest BCUT2D eigenvalue weighted by molar-refractivity contribution is 0.145. The van der Waals surface area contributed by atoms with Crippen LogP contribution < -0.4 is 5.73 Å². The van der Waals surface area contributed by atoms with Gasteiger partial charge in [-0.15, -0.1) is 0 Å². The van der Waals surface area contributed by atoms with Gasteiger partial charge >= 0.3 is 0 Å². The fourth-order valence-electron chi connectivity index (χ4n) is 2.83. The summed E-state index contributed by atoms with van der Waals surface area (Å²) >= 11 is 0. The lowest BCUT2D eigenvalue weighted by Crippen LogP contribution is -2.37. The lowest BCUT2D eigenvalue weighted by atomic mass is 9.94. The van der Waals surface area contributed by atoms with Crippen LogP contribution >= 0.6 is 0 Å². The van der Waals surface area contributed by atoms with E-state index in [1.165, 1.54) is 37.8 Å². The molecule has 3 nitrogen and oxygen atoms in total. The maximum Gasteiger partial charge on any atom is 0.0544 e. The van der Waals surface area contributed by atoms with Gasteiger partial charge in [0.1, 0.15) is 0 Å². The molecule has 1 aromatic rings. The molecule has 18 heavy (non-hydrogen) atoms. The van der Waals surface area contributed by atoms with Gasteiger partial charge in [-0.2, -0.15) is 0 Å². The monoisotopic (exact) mass is 247 g/mol. The van der Waals surface area contributed by atoms with Crippen molar-refractivity contribution in [3.8, 4) is 0 Å². The van der Waals surface area contributed by atoms with Crippen molar-refractivity contribution in [2.45, 2.75) is 51.1 Å². The quantitative estimate of drug-likeness (QED) is 0.840. The van der Waals surface area contributed by atoms with Gasteiger partial charge in [-0.25, -0.2) is 0 Å². The van der Waals surface area contributed by atoms with Crippen LogP contribution in [0.1, 0.15) is 44.2 Å². The van der Waals surface area contributed by atoms with Crippen molar-refractivity contribution in [1.82, 2.24) is 9.88 Å². The van der Waals surface area contributed by atoms with Crippen LogP contribution in [0.3, 0.4) is 0 Å². The van der Waals surface area contributed by atoms with Gasteiger partial charge in [-0.05, 0) is 37.9 Å². The predicted molar refractivity (Wildman–Crippen MR) is 75.2 cm³/mol. The van der Waals surface area contributed by atoms with Gasteiger partial charge in [0, 0.05) is 25.3 Å². The normalized spacial score (nSPS) is 17.2. The van der Waals surface area contributed by atoms with E-state index < -0.39 is 0 Å². The second-order valence-corrected chi connectivity index (χ2v) is 5.23. The summed E-state index contributed by atoms with van der Waals surface area (Å²) in [6, 6.07) is 6.92. The molecule has 0 aliphatic heterocycles. The molecule has 0 amide bonds. The lowest BCUT2D eigenvalue weighted by Gasteiger charge is -2.34. The molecule has 1 saturated carbocycles. The number of nitrogens with zero attached hydrogens (tertiary/aromatic N) is 2. The third-order valence-corrected chi connectivity index (χ3v) is 3.83. The molecule has 2 N–H and O–H groups in total. The molecular weight excluding hydrogens is 222 g/mol. The summed E-state index contributed by atoms with van der Waals surface area (Å²) in [4.78, 5) is 7.04. The minimum atomic E-state index is 0.743. The van der Waals surface area contributed by atoms with Gasteiger partial charge in [0.2, 0.25) is 0 Å². The summed E-state index contributed by atoms with van der Waals surface area (Å²) in [6.07, 6.45) is 9.83. The average Bonchev–Trinajstić information content (AvgIpc) is 2.45. The number of pyridine rings is 1. The van der Waals surface area contributed by atoms with E-state index in [1.54, 1.807) is 0 Å². The van der Waals surface area contributed by atoms with Crippen LogP contribution in [-0.4, -0.2) is 29.0 Å². The molecule has 0 aromatic carbocycles. The van der Waals surface area contributed by atoms with E-state index in [4.69, 9.17) is 5.73 Å². The predicted octanol–water partition coefficient (Wildman–Crippen LogP) is 2.57. The van der Waals surface area contributed by atoms with Crippen LogP contribution in [0.4, 0.5) is 0 Å². The first kappa shape index (κ1) is 13.5. The molecule has 0 radical (unpaired) electrons. The van der Waals surface area contributed by atoms with Crippen LogP contribution in [0.25, 0.3) is 0 Å². The summed E-state index contributed by atoms with van der Waals surface area (Å²) in [5.41, 5.74) is 6.84. The largest absolute Gasteiger partial charge is 0.330 e. The Bertz CT molecular complexity index is 320. The van der Waals surface area contributed by atoms with E-state index >= 15 is 0 Å². The summed E-state index contributed by atoms with van der Waals surface area (Å²) in [5, 5.41) is 0. The first-order valence-electron chi connectivity index (χ1n) is 7.24. The zero-order chi connectivity index (χ0) is 12.6. The van der Waals surface area contributed by atoms with Gasteiger partial charge < -0.3 is 5.73 Å². The number of aromatic nitrogens is 1. The van der Waals surface area contributed by atoms with Crippen LogP contribution in [0.15, 0.2) is 24.4 Å². The second kappa shape index (κ2) is 7.49. The molecule has 1 aromatic heterocycles. The molecule has 0 spiro atoms. The Kier molecular flexibility index (Phi) is 5.62. The number of nitrogens with two attached hydrogens (primary N) is 1. The fraction of sp³-hybridized carbons (Fsp3) is 0.667. The highest BCUT2D eigenvalue weighted by atomic mass is 15.2. The molecule has 0 unspecified atom stereocenters. The first-order valence-corrected chi connectivity index (χ1v) is 7.24. The third kappa shape index (κ3) is 4.07. The van der Waals surface area contributed by atoms with Gasteiger partial charge in [-0.3, -0.25) is 9.88 Å². The van der Waals surface area contributed by atoms with Crippen molar-refractivity contribution < 1.29 is 0 Å². The zero-order valence-corrected chi connectivity index (χ0v) is 11.2. The fourth-order valence-corrected chi connectivity index (χ4v) is 2.83. The van der Waals surface area contributed by atoms with Crippen LogP contribution in [0.5, 0.6) is 0 Å². The van der Waals surface area contributed by atoms with Crippen molar-refractivity contribution in [1.29, 1.82) is 0 Å². The van der Waals surface area contributed by atoms with Gasteiger partial charge in [0.25, 0.3) is 0 Å². The summed E-state index contributed by atoms with van der Waals surface area (Å²) < 4.78 is 0. The molecule has 1 aliphatic carbocycles. The van der Waals surface area contributed by atoms with E-state index in [9.17, 15) is 0 Å². The van der Waals surface area contributed by atoms with E-state index in [2.05, 4.69) is 22.0 Å². The highest BCUT2D eigenvalue weighted by Crippen LogP contribution is 2.23. The summed E-state index contributed by atoms with van der Waals surface area (Å²) in [5.74, 6) is 0. The van der Waals surface area contributed by atoms with Crippen molar-refractivity contribution in [3.63, 3.8) is 0 Å². The van der Waals surface area contributed by atoms with Gasteiger partial charge in [-0.1, -0.05) is 25.3 Å². The van der Waals surface area contributed by atoms with E-state index in [0.29, 0.717) is 0 Å². The van der Waals surface area contributed by atoms with E-state index in [0.717, 1.165) is 32.1 Å². The Labute approximate surface area is 110 Å². The Morgan fingerprint density at radius 3 is 2.72 bits per heavy atom. The smallest absolute Gasteiger partial charge is 0.0544 e. The first-order chi connectivity index (χ1) is 8.90. The molecular formula is C15H25N3.